The van der Waals surface area contributed by atoms with Crippen LogP contribution < -0.4 is 5.32 Å². The first-order valence-electron chi connectivity index (χ1n) is 7.83. The Morgan fingerprint density at radius 1 is 1.27 bits per heavy atom. The number of aryl methyl sites for hydroxylation is 2. The zero-order chi connectivity index (χ0) is 15.6. The molecule has 1 aliphatic rings. The van der Waals surface area contributed by atoms with E-state index in [1.807, 2.05) is 26.0 Å². The van der Waals surface area contributed by atoms with Gasteiger partial charge in [-0.25, -0.2) is 0 Å². The number of hydrogen-bond acceptors (Lipinski definition) is 1. The van der Waals surface area contributed by atoms with Gasteiger partial charge in [0, 0.05) is 56.3 Å². The van der Waals surface area contributed by atoms with Crippen LogP contribution in [0.25, 0.3) is 0 Å². The van der Waals surface area contributed by atoms with Gasteiger partial charge in [0.05, 0.1) is 19.6 Å². The van der Waals surface area contributed by atoms with E-state index in [1.165, 1.54) is 12.8 Å². The van der Waals surface area contributed by atoms with E-state index < -0.39 is 0 Å². The van der Waals surface area contributed by atoms with Gasteiger partial charge in [-0.3, -0.25) is 4.79 Å². The van der Waals surface area contributed by atoms with Crippen LogP contribution in [0.5, 0.6) is 0 Å². The van der Waals surface area contributed by atoms with Crippen LogP contribution in [0.2, 0.25) is 5.02 Å². The van der Waals surface area contributed by atoms with Crippen molar-refractivity contribution < 1.29 is 42.0 Å². The zero-order valence-corrected chi connectivity index (χ0v) is 17.7. The smallest absolute Gasteiger partial charge is 0.282 e. The summed E-state index contributed by atoms with van der Waals surface area (Å²) in [7, 11) is 0. The van der Waals surface area contributed by atoms with E-state index in [2.05, 4.69) is 19.2 Å². The first-order valence-corrected chi connectivity index (χ1v) is 8.21. The van der Waals surface area contributed by atoms with Gasteiger partial charge in [-0.15, -0.1) is 0 Å². The Balaban J connectivity index is 0.00000242. The van der Waals surface area contributed by atoms with Gasteiger partial charge in [-0.1, -0.05) is 11.6 Å². The van der Waals surface area contributed by atoms with E-state index in [0.29, 0.717) is 5.02 Å². The predicted molar refractivity (Wildman–Crippen MR) is 88.8 cm³/mol. The quantitative estimate of drug-likeness (QED) is 0.765. The number of likely N-dealkylation sites (tertiary alicyclic amines) is 1. The molecule has 0 bridgehead atoms. The Kier molecular flexibility index (Phi) is 7.52. The molecule has 0 aliphatic carbocycles. The van der Waals surface area contributed by atoms with Crippen LogP contribution in [0.4, 0.5) is 5.69 Å². The molecule has 119 valence electrons. The molecule has 1 aromatic carbocycles. The van der Waals surface area contributed by atoms with Gasteiger partial charge in [0.25, 0.3) is 5.91 Å². The molecular formula is C17H26ClN2OY+. The molecule has 1 radical (unpaired) electrons. The van der Waals surface area contributed by atoms with E-state index >= 15 is 0 Å². The van der Waals surface area contributed by atoms with Crippen LogP contribution in [0.15, 0.2) is 12.1 Å². The number of rotatable bonds is 4. The number of likely N-dealkylation sites (N-methyl/N-ethyl adjacent to an activating group) is 1. The second kappa shape index (κ2) is 8.23. The van der Waals surface area contributed by atoms with E-state index in [0.717, 1.165) is 40.9 Å². The number of nitrogens with zero attached hydrogens (tertiary/aromatic N) is 1. The summed E-state index contributed by atoms with van der Waals surface area (Å²) in [5.41, 5.74) is 2.94. The van der Waals surface area contributed by atoms with Gasteiger partial charge in [0.2, 0.25) is 0 Å². The van der Waals surface area contributed by atoms with Gasteiger partial charge in [0.1, 0.15) is 0 Å². The van der Waals surface area contributed by atoms with Crippen LogP contribution in [-0.2, 0) is 37.5 Å². The van der Waals surface area contributed by atoms with Crippen molar-refractivity contribution >= 4 is 23.2 Å². The number of carbonyl (C=O) groups is 1. The predicted octanol–water partition coefficient (Wildman–Crippen LogP) is 3.91. The second-order valence-corrected chi connectivity index (χ2v) is 6.71. The third-order valence-corrected chi connectivity index (χ3v) is 5.25. The largest absolute Gasteiger partial charge is 0.320 e. The number of halogens is 1. The summed E-state index contributed by atoms with van der Waals surface area (Å²) < 4.78 is 0.914. The molecule has 1 N–H and O–H groups in total. The van der Waals surface area contributed by atoms with Gasteiger partial charge >= 0.3 is 0 Å². The van der Waals surface area contributed by atoms with Crippen molar-refractivity contribution in [3.63, 3.8) is 0 Å². The van der Waals surface area contributed by atoms with Crippen molar-refractivity contribution in [1.29, 1.82) is 0 Å². The standard InChI is InChI=1S/C17H25ClN2O.Y/c1-5-20(8-6-7-9-20)14(4)17(21)19-16-12(2)10-15(18)11-13(16)3;/h10-11,14H,5-9H2,1-4H3;/p+1. The van der Waals surface area contributed by atoms with Crippen LogP contribution in [0, 0.1) is 13.8 Å². The molecule has 1 aromatic rings. The zero-order valence-electron chi connectivity index (χ0n) is 14.1. The number of benzene rings is 1. The Morgan fingerprint density at radius 3 is 2.23 bits per heavy atom. The van der Waals surface area contributed by atoms with E-state index in [-0.39, 0.29) is 44.7 Å². The molecule has 1 aliphatic heterocycles. The van der Waals surface area contributed by atoms with Crippen molar-refractivity contribution in [2.75, 3.05) is 25.0 Å². The third kappa shape index (κ3) is 4.11. The van der Waals surface area contributed by atoms with Crippen LogP contribution in [-0.4, -0.2) is 36.1 Å². The molecule has 1 fully saturated rings. The number of nitrogens with one attached hydrogen (secondary N) is 1. The molecular weight excluding hydrogens is 373 g/mol. The summed E-state index contributed by atoms with van der Waals surface area (Å²) in [6.07, 6.45) is 2.45. The number of anilines is 1. The van der Waals surface area contributed by atoms with Gasteiger partial charge in [-0.2, -0.15) is 0 Å². The molecule has 1 heterocycles. The fourth-order valence-electron chi connectivity index (χ4n) is 3.53. The summed E-state index contributed by atoms with van der Waals surface area (Å²) in [6.45, 7) is 11.5. The van der Waals surface area contributed by atoms with E-state index in [9.17, 15) is 4.79 Å². The minimum atomic E-state index is -0.00743. The average molecular weight is 399 g/mol. The topological polar surface area (TPSA) is 29.1 Å². The maximum Gasteiger partial charge on any atom is 0.282 e. The molecule has 5 heteroatoms. The molecule has 2 rings (SSSR count). The number of carbonyl (C=O) groups excluding carboxylic acids is 1. The minimum absolute atomic E-state index is 0. The second-order valence-electron chi connectivity index (χ2n) is 6.27. The van der Waals surface area contributed by atoms with Crippen molar-refractivity contribution in [3.8, 4) is 0 Å². The Bertz CT molecular complexity index is 518. The van der Waals surface area contributed by atoms with Crippen LogP contribution in [0.3, 0.4) is 0 Å². The summed E-state index contributed by atoms with van der Waals surface area (Å²) in [4.78, 5) is 12.7. The maximum atomic E-state index is 12.7. The fraction of sp³-hybridized carbons (Fsp3) is 0.588. The summed E-state index contributed by atoms with van der Waals surface area (Å²) >= 11 is 6.05. The molecule has 0 saturated carbocycles. The Morgan fingerprint density at radius 2 is 1.77 bits per heavy atom. The Hall–Kier alpha value is 0.0439. The normalized spacial score (nSPS) is 17.7. The molecule has 22 heavy (non-hydrogen) atoms. The average Bonchev–Trinajstić information content (AvgIpc) is 2.91. The number of quaternary nitrogens is 1. The summed E-state index contributed by atoms with van der Waals surface area (Å²) in [6, 6.07) is 3.79. The molecule has 1 unspecified atom stereocenters. The Labute approximate surface area is 164 Å². The van der Waals surface area contributed by atoms with Crippen LogP contribution in [0.1, 0.15) is 37.8 Å². The minimum Gasteiger partial charge on any atom is -0.320 e. The summed E-state index contributed by atoms with van der Waals surface area (Å²) in [5.74, 6) is 0.118. The van der Waals surface area contributed by atoms with Crippen molar-refractivity contribution in [3.05, 3.63) is 28.3 Å². The molecule has 1 atom stereocenters. The van der Waals surface area contributed by atoms with Crippen molar-refractivity contribution in [2.45, 2.75) is 46.6 Å². The summed E-state index contributed by atoms with van der Waals surface area (Å²) in [5, 5.41) is 3.84. The van der Waals surface area contributed by atoms with Crippen molar-refractivity contribution in [2.24, 2.45) is 0 Å². The van der Waals surface area contributed by atoms with Gasteiger partial charge < -0.3 is 9.80 Å². The molecule has 0 spiro atoms. The molecule has 1 saturated heterocycles. The number of hydrogen-bond donors (Lipinski definition) is 1. The monoisotopic (exact) mass is 398 g/mol. The first-order chi connectivity index (χ1) is 9.89. The molecule has 1 amide bonds. The van der Waals surface area contributed by atoms with Gasteiger partial charge in [-0.05, 0) is 51.0 Å². The maximum absolute atomic E-state index is 12.7. The number of amides is 1. The molecule has 0 aromatic heterocycles. The van der Waals surface area contributed by atoms with Gasteiger partial charge in [0.15, 0.2) is 6.04 Å². The fourth-order valence-corrected chi connectivity index (χ4v) is 3.85. The van der Waals surface area contributed by atoms with E-state index in [1.54, 1.807) is 0 Å². The van der Waals surface area contributed by atoms with E-state index in [4.69, 9.17) is 11.6 Å². The SMILES string of the molecule is CC[N+]1(C(C)C(=O)Nc2c(C)cc(Cl)cc2C)CCCC1.[Y]. The molecule has 3 nitrogen and oxygen atoms in total. The van der Waals surface area contributed by atoms with Crippen LogP contribution >= 0.6 is 11.6 Å². The third-order valence-electron chi connectivity index (χ3n) is 5.03. The van der Waals surface area contributed by atoms with Crippen molar-refractivity contribution in [1.82, 2.24) is 0 Å². The first kappa shape index (κ1) is 20.1.